The van der Waals surface area contributed by atoms with Gasteiger partial charge >= 0.3 is 0 Å². The average Bonchev–Trinajstić information content (AvgIpc) is 2.77. The van der Waals surface area contributed by atoms with Crippen molar-refractivity contribution in [1.82, 2.24) is 4.98 Å². The van der Waals surface area contributed by atoms with Crippen LogP contribution in [0.15, 0.2) is 34.5 Å². The second-order valence-corrected chi connectivity index (χ2v) is 6.41. The number of rotatable bonds is 4. The van der Waals surface area contributed by atoms with E-state index >= 15 is 0 Å². The van der Waals surface area contributed by atoms with Gasteiger partial charge in [0.05, 0.1) is 16.5 Å². The number of aromatic nitrogens is 1. The summed E-state index contributed by atoms with van der Waals surface area (Å²) in [6.45, 7) is 4.33. The molecule has 0 aliphatic rings. The molecule has 0 spiro atoms. The van der Waals surface area contributed by atoms with Crippen LogP contribution in [0.4, 0.5) is 0 Å². The highest BCUT2D eigenvalue weighted by atomic mass is 35.5. The SMILES string of the molecule is CC(C)c1csc(CSc2ccccc2Cl)n1. The molecule has 0 N–H and O–H groups in total. The van der Waals surface area contributed by atoms with Gasteiger partial charge in [-0.3, -0.25) is 0 Å². The molecule has 0 aliphatic carbocycles. The number of thioether (sulfide) groups is 1. The highest BCUT2D eigenvalue weighted by molar-refractivity contribution is 7.98. The van der Waals surface area contributed by atoms with Gasteiger partial charge < -0.3 is 0 Å². The standard InChI is InChI=1S/C13H14ClNS2/c1-9(2)11-7-17-13(15-11)8-16-12-6-4-3-5-10(12)14/h3-7,9H,8H2,1-2H3. The summed E-state index contributed by atoms with van der Waals surface area (Å²) in [5.74, 6) is 1.39. The zero-order chi connectivity index (χ0) is 12.3. The fourth-order valence-corrected chi connectivity index (χ4v) is 3.57. The molecule has 1 nitrogen and oxygen atoms in total. The van der Waals surface area contributed by atoms with Crippen molar-refractivity contribution < 1.29 is 0 Å². The van der Waals surface area contributed by atoms with Crippen molar-refractivity contribution in [3.8, 4) is 0 Å². The van der Waals surface area contributed by atoms with Gasteiger partial charge in [-0.2, -0.15) is 0 Å². The van der Waals surface area contributed by atoms with E-state index in [1.165, 1.54) is 10.7 Å². The third-order valence-electron chi connectivity index (χ3n) is 2.35. The minimum Gasteiger partial charge on any atom is -0.245 e. The van der Waals surface area contributed by atoms with Crippen LogP contribution in [0.5, 0.6) is 0 Å². The Hall–Kier alpha value is -0.510. The largest absolute Gasteiger partial charge is 0.245 e. The number of hydrogen-bond acceptors (Lipinski definition) is 3. The molecule has 0 saturated carbocycles. The Morgan fingerprint density at radius 3 is 2.76 bits per heavy atom. The Balaban J connectivity index is 2.00. The average molecular weight is 284 g/mol. The zero-order valence-electron chi connectivity index (χ0n) is 9.81. The van der Waals surface area contributed by atoms with Gasteiger partial charge in [0, 0.05) is 10.3 Å². The van der Waals surface area contributed by atoms with Crippen LogP contribution in [0.1, 0.15) is 30.5 Å². The minimum atomic E-state index is 0.505. The Morgan fingerprint density at radius 2 is 2.12 bits per heavy atom. The number of thiazole rings is 1. The maximum absolute atomic E-state index is 6.11. The fraction of sp³-hybridized carbons (Fsp3) is 0.308. The van der Waals surface area contributed by atoms with Gasteiger partial charge in [-0.15, -0.1) is 23.1 Å². The van der Waals surface area contributed by atoms with Gasteiger partial charge in [0.2, 0.25) is 0 Å². The summed E-state index contributed by atoms with van der Waals surface area (Å²) in [4.78, 5) is 5.73. The molecule has 17 heavy (non-hydrogen) atoms. The molecule has 4 heteroatoms. The molecule has 90 valence electrons. The summed E-state index contributed by atoms with van der Waals surface area (Å²) in [6.07, 6.45) is 0. The van der Waals surface area contributed by atoms with Crippen LogP contribution in [0, 0.1) is 0 Å². The molecule has 2 rings (SSSR count). The molecule has 1 aromatic carbocycles. The number of benzene rings is 1. The molecule has 0 aliphatic heterocycles. The summed E-state index contributed by atoms with van der Waals surface area (Å²) >= 11 is 9.58. The first kappa shape index (κ1) is 12.9. The maximum atomic E-state index is 6.11. The molecule has 1 heterocycles. The molecule has 0 amide bonds. The topological polar surface area (TPSA) is 12.9 Å². The van der Waals surface area contributed by atoms with E-state index in [0.717, 1.165) is 15.7 Å². The van der Waals surface area contributed by atoms with E-state index in [2.05, 4.69) is 24.2 Å². The van der Waals surface area contributed by atoms with E-state index in [0.29, 0.717) is 5.92 Å². The fourth-order valence-electron chi connectivity index (χ4n) is 1.36. The zero-order valence-corrected chi connectivity index (χ0v) is 12.2. The number of halogens is 1. The van der Waals surface area contributed by atoms with Crippen molar-refractivity contribution in [2.45, 2.75) is 30.4 Å². The second kappa shape index (κ2) is 5.89. The van der Waals surface area contributed by atoms with E-state index in [9.17, 15) is 0 Å². The lowest BCUT2D eigenvalue weighted by Crippen LogP contribution is -1.87. The number of nitrogens with zero attached hydrogens (tertiary/aromatic N) is 1. The third kappa shape index (κ3) is 3.47. The van der Waals surface area contributed by atoms with Gasteiger partial charge in [0.1, 0.15) is 5.01 Å². The molecule has 0 saturated heterocycles. The highest BCUT2D eigenvalue weighted by Gasteiger charge is 2.07. The molecule has 0 bridgehead atoms. The van der Waals surface area contributed by atoms with Gasteiger partial charge in [0.15, 0.2) is 0 Å². The summed E-state index contributed by atoms with van der Waals surface area (Å²) in [7, 11) is 0. The summed E-state index contributed by atoms with van der Waals surface area (Å²) in [5, 5.41) is 4.13. The molecule has 0 unspecified atom stereocenters. The summed E-state index contributed by atoms with van der Waals surface area (Å²) < 4.78 is 0. The molecule has 0 atom stereocenters. The summed E-state index contributed by atoms with van der Waals surface area (Å²) in [5.41, 5.74) is 1.18. The van der Waals surface area contributed by atoms with Crippen molar-refractivity contribution in [2.24, 2.45) is 0 Å². The quantitative estimate of drug-likeness (QED) is 0.714. The van der Waals surface area contributed by atoms with Crippen LogP contribution in [0.3, 0.4) is 0 Å². The first-order valence-electron chi connectivity index (χ1n) is 5.48. The van der Waals surface area contributed by atoms with E-state index in [1.54, 1.807) is 23.1 Å². The van der Waals surface area contributed by atoms with Crippen molar-refractivity contribution in [3.63, 3.8) is 0 Å². The van der Waals surface area contributed by atoms with Crippen LogP contribution in [0.2, 0.25) is 5.02 Å². The molecule has 1 aromatic heterocycles. The van der Waals surface area contributed by atoms with Crippen LogP contribution in [-0.2, 0) is 5.75 Å². The Morgan fingerprint density at radius 1 is 1.35 bits per heavy atom. The van der Waals surface area contributed by atoms with Crippen LogP contribution in [-0.4, -0.2) is 4.98 Å². The first-order valence-corrected chi connectivity index (χ1v) is 7.72. The Bertz CT molecular complexity index is 494. The van der Waals surface area contributed by atoms with E-state index in [1.807, 2.05) is 24.3 Å². The predicted octanol–water partition coefficient (Wildman–Crippen LogP) is 5.21. The van der Waals surface area contributed by atoms with Crippen molar-refractivity contribution in [1.29, 1.82) is 0 Å². The smallest absolute Gasteiger partial charge is 0.103 e. The highest BCUT2D eigenvalue weighted by Crippen LogP contribution is 2.30. The summed E-state index contributed by atoms with van der Waals surface area (Å²) in [6, 6.07) is 7.93. The van der Waals surface area contributed by atoms with E-state index in [-0.39, 0.29) is 0 Å². The van der Waals surface area contributed by atoms with E-state index < -0.39 is 0 Å². The van der Waals surface area contributed by atoms with Crippen LogP contribution in [0.25, 0.3) is 0 Å². The van der Waals surface area contributed by atoms with Gasteiger partial charge in [-0.25, -0.2) is 4.98 Å². The van der Waals surface area contributed by atoms with Crippen LogP contribution < -0.4 is 0 Å². The molecule has 0 radical (unpaired) electrons. The number of hydrogen-bond donors (Lipinski definition) is 0. The van der Waals surface area contributed by atoms with Gasteiger partial charge in [-0.1, -0.05) is 37.6 Å². The molecular weight excluding hydrogens is 270 g/mol. The molecule has 0 fully saturated rings. The Kier molecular flexibility index (Phi) is 4.48. The third-order valence-corrected chi connectivity index (χ3v) is 4.93. The minimum absolute atomic E-state index is 0.505. The van der Waals surface area contributed by atoms with Gasteiger partial charge in [0.25, 0.3) is 0 Å². The normalized spacial score (nSPS) is 11.1. The van der Waals surface area contributed by atoms with E-state index in [4.69, 9.17) is 11.6 Å². The lowest BCUT2D eigenvalue weighted by Gasteiger charge is -2.01. The van der Waals surface area contributed by atoms with Gasteiger partial charge in [-0.05, 0) is 18.1 Å². The first-order chi connectivity index (χ1) is 8.16. The monoisotopic (exact) mass is 283 g/mol. The predicted molar refractivity (Wildman–Crippen MR) is 77.2 cm³/mol. The molecular formula is C13H14ClNS2. The second-order valence-electron chi connectivity index (χ2n) is 4.04. The molecule has 2 aromatic rings. The van der Waals surface area contributed by atoms with Crippen LogP contribution >= 0.6 is 34.7 Å². The van der Waals surface area contributed by atoms with Crippen molar-refractivity contribution >= 4 is 34.7 Å². The Labute approximate surface area is 115 Å². The van der Waals surface area contributed by atoms with Crippen molar-refractivity contribution in [2.75, 3.05) is 0 Å². The maximum Gasteiger partial charge on any atom is 0.103 e. The lowest BCUT2D eigenvalue weighted by atomic mass is 10.2. The lowest BCUT2D eigenvalue weighted by molar-refractivity contribution is 0.828. The van der Waals surface area contributed by atoms with Crippen molar-refractivity contribution in [3.05, 3.63) is 45.4 Å².